The van der Waals surface area contributed by atoms with Crippen molar-refractivity contribution in [1.82, 2.24) is 9.13 Å². The molecule has 15 rings (SSSR count). The summed E-state index contributed by atoms with van der Waals surface area (Å²) in [7, 11) is 0. The summed E-state index contributed by atoms with van der Waals surface area (Å²) in [6, 6.07) is 77.1. The third-order valence-electron chi connectivity index (χ3n) is 14.0. The fourth-order valence-electron chi connectivity index (χ4n) is 11.4. The van der Waals surface area contributed by atoms with Gasteiger partial charge in [0.1, 0.15) is 0 Å². The molecule has 0 saturated heterocycles. The number of fused-ring (bicyclic) bond motifs is 23. The first-order valence-corrected chi connectivity index (χ1v) is 22.6. The molecule has 3 heterocycles. The monoisotopic (exact) mass is 814 g/mol. The van der Waals surface area contributed by atoms with Crippen molar-refractivity contribution >= 4 is 140 Å². The van der Waals surface area contributed by atoms with Crippen LogP contribution in [0.25, 0.3) is 140 Å². The molecule has 0 fully saturated rings. The standard InChI is InChI=1S/C60H34N2S/c1-3-17-41-37(13-1)39-15-5-7-19-43(39)53-33-35(25-27-45(41)53)61-55-23-11-9-21-47(55)49-29-31-51-52-32-30-50-48-22-10-12-24-56(48)62(58(50)60(52)63-59(51)57(49)61)36-26-28-46-42-18-4-2-14-38(42)40-16-6-8-20-44(40)54(46)34-36/h1-34H. The van der Waals surface area contributed by atoms with Gasteiger partial charge in [0.05, 0.1) is 31.5 Å². The second-order valence-electron chi connectivity index (χ2n) is 17.1. The van der Waals surface area contributed by atoms with Crippen molar-refractivity contribution in [3.8, 4) is 11.4 Å². The molecule has 12 aromatic carbocycles. The number of hydrogen-bond donors (Lipinski definition) is 0. The fraction of sp³-hybridized carbons (Fsp3) is 0. The molecule has 0 atom stereocenters. The number of thiophene rings is 1. The molecule has 0 unspecified atom stereocenters. The van der Waals surface area contributed by atoms with Gasteiger partial charge >= 0.3 is 0 Å². The van der Waals surface area contributed by atoms with Crippen LogP contribution in [-0.2, 0) is 0 Å². The van der Waals surface area contributed by atoms with Gasteiger partial charge in [-0.05, 0) is 101 Å². The Bertz CT molecular complexity index is 4140. The highest BCUT2D eigenvalue weighted by Gasteiger charge is 2.23. The van der Waals surface area contributed by atoms with Crippen LogP contribution in [0.15, 0.2) is 206 Å². The van der Waals surface area contributed by atoms with Crippen LogP contribution in [0, 0.1) is 0 Å². The van der Waals surface area contributed by atoms with Gasteiger partial charge in [-0.1, -0.05) is 170 Å². The quantitative estimate of drug-likeness (QED) is 0.154. The molecule has 0 saturated carbocycles. The highest BCUT2D eigenvalue weighted by Crippen LogP contribution is 2.48. The van der Waals surface area contributed by atoms with Crippen LogP contribution < -0.4 is 0 Å². The van der Waals surface area contributed by atoms with Crippen LogP contribution in [0.2, 0.25) is 0 Å². The highest BCUT2D eigenvalue weighted by atomic mass is 32.1. The molecule has 3 heteroatoms. The molecule has 0 spiro atoms. The topological polar surface area (TPSA) is 9.86 Å². The Morgan fingerprint density at radius 1 is 0.222 bits per heavy atom. The summed E-state index contributed by atoms with van der Waals surface area (Å²) in [5, 5.41) is 23.1. The summed E-state index contributed by atoms with van der Waals surface area (Å²) in [5.41, 5.74) is 7.32. The van der Waals surface area contributed by atoms with E-state index >= 15 is 0 Å². The molecule has 0 aliphatic heterocycles. The van der Waals surface area contributed by atoms with Gasteiger partial charge in [0, 0.05) is 43.7 Å². The predicted molar refractivity (Wildman–Crippen MR) is 273 cm³/mol. The van der Waals surface area contributed by atoms with Crippen LogP contribution in [0.1, 0.15) is 0 Å². The van der Waals surface area contributed by atoms with Gasteiger partial charge < -0.3 is 9.13 Å². The number of aromatic nitrogens is 2. The minimum absolute atomic E-state index is 1.18. The molecular formula is C60H34N2S. The summed E-state index contributed by atoms with van der Waals surface area (Å²) < 4.78 is 7.69. The lowest BCUT2D eigenvalue weighted by molar-refractivity contribution is 1.19. The molecule has 0 aliphatic carbocycles. The van der Waals surface area contributed by atoms with Gasteiger partial charge in [0.2, 0.25) is 0 Å². The normalized spacial score (nSPS) is 12.4. The number of para-hydroxylation sites is 2. The molecule has 2 nitrogen and oxygen atoms in total. The molecule has 0 bridgehead atoms. The van der Waals surface area contributed by atoms with E-state index in [0.717, 1.165) is 0 Å². The smallest absolute Gasteiger partial charge is 0.0719 e. The van der Waals surface area contributed by atoms with Gasteiger partial charge in [-0.3, -0.25) is 0 Å². The minimum atomic E-state index is 1.18. The number of benzene rings is 12. The molecular weight excluding hydrogens is 781 g/mol. The molecule has 290 valence electrons. The van der Waals surface area contributed by atoms with Crippen molar-refractivity contribution in [2.24, 2.45) is 0 Å². The Morgan fingerprint density at radius 3 is 0.857 bits per heavy atom. The Kier molecular flexibility index (Phi) is 6.59. The fourth-order valence-corrected chi connectivity index (χ4v) is 12.8. The average Bonchev–Trinajstić information content (AvgIpc) is 4.02. The maximum absolute atomic E-state index is 2.54. The van der Waals surface area contributed by atoms with Crippen LogP contribution >= 0.6 is 11.3 Å². The summed E-state index contributed by atoms with van der Waals surface area (Å²) in [5.74, 6) is 0. The van der Waals surface area contributed by atoms with Gasteiger partial charge in [-0.2, -0.15) is 0 Å². The zero-order valence-electron chi connectivity index (χ0n) is 33.9. The van der Waals surface area contributed by atoms with Crippen molar-refractivity contribution in [2.75, 3.05) is 0 Å². The summed E-state index contributed by atoms with van der Waals surface area (Å²) in [6.45, 7) is 0. The lowest BCUT2D eigenvalue weighted by atomic mass is 9.94. The average molecular weight is 815 g/mol. The number of rotatable bonds is 2. The maximum atomic E-state index is 2.54. The second-order valence-corrected chi connectivity index (χ2v) is 18.1. The van der Waals surface area contributed by atoms with Gasteiger partial charge in [0.25, 0.3) is 0 Å². The van der Waals surface area contributed by atoms with E-state index in [2.05, 4.69) is 215 Å². The first-order chi connectivity index (χ1) is 31.3. The Labute approximate surface area is 364 Å². The lowest BCUT2D eigenvalue weighted by Gasteiger charge is -2.14. The van der Waals surface area contributed by atoms with Crippen molar-refractivity contribution < 1.29 is 0 Å². The van der Waals surface area contributed by atoms with Gasteiger partial charge in [0.15, 0.2) is 0 Å². The predicted octanol–water partition coefficient (Wildman–Crippen LogP) is 17.2. The van der Waals surface area contributed by atoms with E-state index in [4.69, 9.17) is 0 Å². The Morgan fingerprint density at radius 2 is 0.492 bits per heavy atom. The van der Waals surface area contributed by atoms with Crippen molar-refractivity contribution in [1.29, 1.82) is 0 Å². The second kappa shape index (κ2) is 12.3. The van der Waals surface area contributed by atoms with Crippen molar-refractivity contribution in [2.45, 2.75) is 0 Å². The Balaban J connectivity index is 1.05. The number of hydrogen-bond acceptors (Lipinski definition) is 1. The van der Waals surface area contributed by atoms with E-state index in [-0.39, 0.29) is 0 Å². The minimum Gasteiger partial charge on any atom is -0.308 e. The van der Waals surface area contributed by atoms with Crippen LogP contribution in [0.5, 0.6) is 0 Å². The van der Waals surface area contributed by atoms with E-state index in [0.29, 0.717) is 0 Å². The van der Waals surface area contributed by atoms with E-state index < -0.39 is 0 Å². The van der Waals surface area contributed by atoms with Crippen LogP contribution in [0.4, 0.5) is 0 Å². The van der Waals surface area contributed by atoms with Gasteiger partial charge in [-0.25, -0.2) is 0 Å². The molecule has 3 aromatic heterocycles. The largest absolute Gasteiger partial charge is 0.308 e. The van der Waals surface area contributed by atoms with Crippen molar-refractivity contribution in [3.63, 3.8) is 0 Å². The van der Waals surface area contributed by atoms with E-state index in [1.165, 1.54) is 140 Å². The molecule has 0 amide bonds. The summed E-state index contributed by atoms with van der Waals surface area (Å²) in [4.78, 5) is 0. The summed E-state index contributed by atoms with van der Waals surface area (Å²) >= 11 is 1.94. The zero-order chi connectivity index (χ0) is 40.9. The molecule has 0 N–H and O–H groups in total. The summed E-state index contributed by atoms with van der Waals surface area (Å²) in [6.07, 6.45) is 0. The Hall–Kier alpha value is -7.98. The SMILES string of the molecule is c1ccc2c(c1)c1ccccc1c1cc(-n3c4ccccc4c4ccc5c6ccc7c8ccccc8n(-c8ccc9c%10ccccc%10c%10ccccc%10c9c8)c7c6sc5c43)ccc21. The lowest BCUT2D eigenvalue weighted by Crippen LogP contribution is -1.94. The van der Waals surface area contributed by atoms with Gasteiger partial charge in [-0.15, -0.1) is 11.3 Å². The van der Waals surface area contributed by atoms with Crippen LogP contribution in [-0.4, -0.2) is 9.13 Å². The molecule has 0 aliphatic rings. The maximum Gasteiger partial charge on any atom is 0.0719 e. The van der Waals surface area contributed by atoms with Crippen LogP contribution in [0.3, 0.4) is 0 Å². The third-order valence-corrected chi connectivity index (χ3v) is 15.3. The highest BCUT2D eigenvalue weighted by molar-refractivity contribution is 7.27. The first kappa shape index (κ1) is 33.7. The first-order valence-electron chi connectivity index (χ1n) is 21.8. The molecule has 0 radical (unpaired) electrons. The number of nitrogens with zero attached hydrogens (tertiary/aromatic N) is 2. The van der Waals surface area contributed by atoms with Crippen molar-refractivity contribution in [3.05, 3.63) is 206 Å². The molecule has 63 heavy (non-hydrogen) atoms. The molecule has 15 aromatic rings. The van der Waals surface area contributed by atoms with E-state index in [1.807, 2.05) is 11.3 Å². The van der Waals surface area contributed by atoms with E-state index in [1.54, 1.807) is 0 Å². The zero-order valence-corrected chi connectivity index (χ0v) is 34.7. The third kappa shape index (κ3) is 4.41. The van der Waals surface area contributed by atoms with E-state index in [9.17, 15) is 0 Å².